The van der Waals surface area contributed by atoms with E-state index in [4.69, 9.17) is 0 Å². The van der Waals surface area contributed by atoms with Gasteiger partial charge in [0.2, 0.25) is 10.0 Å². The molecule has 7 heteroatoms. The molecule has 0 bridgehead atoms. The van der Waals surface area contributed by atoms with Crippen molar-refractivity contribution >= 4 is 31.9 Å². The lowest BCUT2D eigenvalue weighted by Gasteiger charge is -2.17. The third kappa shape index (κ3) is 5.29. The van der Waals surface area contributed by atoms with Gasteiger partial charge in [-0.15, -0.1) is 6.58 Å². The molecule has 0 amide bonds. The van der Waals surface area contributed by atoms with E-state index in [1.165, 1.54) is 6.08 Å². The van der Waals surface area contributed by atoms with Crippen LogP contribution in [0.5, 0.6) is 0 Å². The molecule has 0 saturated heterocycles. The topological polar surface area (TPSA) is 63.7 Å². The summed E-state index contributed by atoms with van der Waals surface area (Å²) in [5.74, 6) is -0.566. The Kier molecular flexibility index (Phi) is 6.78. The third-order valence-corrected chi connectivity index (χ3v) is 4.55. The molecule has 0 radical (unpaired) electrons. The smallest absolute Gasteiger partial charge is 0.321 e. The van der Waals surface area contributed by atoms with E-state index < -0.39 is 16.0 Å². The van der Waals surface area contributed by atoms with Crippen LogP contribution in [0.2, 0.25) is 0 Å². The molecule has 0 N–H and O–H groups in total. The Hall–Kier alpha value is -0.400. The predicted molar refractivity (Wildman–Crippen MR) is 61.1 cm³/mol. The van der Waals surface area contributed by atoms with Gasteiger partial charge in [-0.3, -0.25) is 4.79 Å². The average molecular weight is 300 g/mol. The lowest BCUT2D eigenvalue weighted by atomic mass is 10.5. The number of sulfonamides is 1. The summed E-state index contributed by atoms with van der Waals surface area (Å²) in [5.41, 5.74) is 0. The highest BCUT2D eigenvalue weighted by Gasteiger charge is 2.22. The van der Waals surface area contributed by atoms with Crippen LogP contribution in [0.3, 0.4) is 0 Å². The molecule has 88 valence electrons. The number of hydrogen-bond acceptors (Lipinski definition) is 4. The summed E-state index contributed by atoms with van der Waals surface area (Å²) in [5, 5.41) is 0. The third-order valence-electron chi connectivity index (χ3n) is 1.47. The molecule has 0 aliphatic rings. The number of rotatable bonds is 7. The van der Waals surface area contributed by atoms with Crippen LogP contribution in [0.1, 0.15) is 6.92 Å². The van der Waals surface area contributed by atoms with Crippen molar-refractivity contribution in [1.82, 2.24) is 4.31 Å². The zero-order valence-electron chi connectivity index (χ0n) is 8.48. The number of carbonyl (C=O) groups is 1. The minimum Gasteiger partial charge on any atom is -0.465 e. The lowest BCUT2D eigenvalue weighted by molar-refractivity contribution is -0.143. The standard InChI is InChI=1S/C8H14BrNO4S/c1-3-5-10(15(12,13)7-9)6-8(11)14-4-2/h3H,1,4-7H2,2H3. The first-order valence-corrected chi connectivity index (χ1v) is 7.01. The minimum atomic E-state index is -3.46. The van der Waals surface area contributed by atoms with Crippen molar-refractivity contribution in [3.63, 3.8) is 0 Å². The summed E-state index contributed by atoms with van der Waals surface area (Å²) in [6, 6.07) is 0. The van der Waals surface area contributed by atoms with Crippen molar-refractivity contribution < 1.29 is 17.9 Å². The SMILES string of the molecule is C=CCN(CC(=O)OCC)S(=O)(=O)CBr. The largest absolute Gasteiger partial charge is 0.465 e. The van der Waals surface area contributed by atoms with Gasteiger partial charge in [0.1, 0.15) is 11.2 Å². The van der Waals surface area contributed by atoms with Gasteiger partial charge < -0.3 is 4.74 Å². The Morgan fingerprint density at radius 2 is 2.20 bits per heavy atom. The first-order chi connectivity index (χ1) is 6.97. The second-order valence-corrected chi connectivity index (χ2v) is 5.88. The highest BCUT2D eigenvalue weighted by Crippen LogP contribution is 2.05. The van der Waals surface area contributed by atoms with Gasteiger partial charge in [0.15, 0.2) is 0 Å². The summed E-state index contributed by atoms with van der Waals surface area (Å²) in [6.07, 6.45) is 1.42. The minimum absolute atomic E-state index is 0.0900. The monoisotopic (exact) mass is 299 g/mol. The van der Waals surface area contributed by atoms with Gasteiger partial charge in [0.05, 0.1) is 6.61 Å². The molecule has 0 aliphatic heterocycles. The number of carbonyl (C=O) groups excluding carboxylic acids is 1. The molecule has 0 fully saturated rings. The molecule has 5 nitrogen and oxygen atoms in total. The van der Waals surface area contributed by atoms with Gasteiger partial charge in [-0.1, -0.05) is 22.0 Å². The quantitative estimate of drug-likeness (QED) is 0.395. The molecule has 0 spiro atoms. The van der Waals surface area contributed by atoms with E-state index in [0.29, 0.717) is 0 Å². The summed E-state index contributed by atoms with van der Waals surface area (Å²) < 4.78 is 28.3. The first kappa shape index (κ1) is 14.6. The Morgan fingerprint density at radius 1 is 1.60 bits per heavy atom. The zero-order chi connectivity index (χ0) is 11.9. The predicted octanol–water partition coefficient (Wildman–Crippen LogP) is 0.720. The Morgan fingerprint density at radius 3 is 2.60 bits per heavy atom. The van der Waals surface area contributed by atoms with Crippen LogP contribution in [0, 0.1) is 0 Å². The number of nitrogens with zero attached hydrogens (tertiary/aromatic N) is 1. The normalized spacial score (nSPS) is 11.4. The zero-order valence-corrected chi connectivity index (χ0v) is 10.9. The Balaban J connectivity index is 4.54. The van der Waals surface area contributed by atoms with Crippen molar-refractivity contribution in [2.75, 3.05) is 24.4 Å². The molecule has 0 aromatic rings. The second kappa shape index (κ2) is 6.97. The van der Waals surface area contributed by atoms with Crippen LogP contribution in [-0.4, -0.2) is 43.1 Å². The van der Waals surface area contributed by atoms with E-state index >= 15 is 0 Å². The molecule has 15 heavy (non-hydrogen) atoms. The molecular formula is C8H14BrNO4S. The summed E-state index contributed by atoms with van der Waals surface area (Å²) in [4.78, 5) is 11.1. The van der Waals surface area contributed by atoms with E-state index in [1.807, 2.05) is 0 Å². The fourth-order valence-corrected chi connectivity index (χ4v) is 2.48. The Bertz CT molecular complexity index is 315. The van der Waals surface area contributed by atoms with Gasteiger partial charge in [-0.05, 0) is 6.92 Å². The van der Waals surface area contributed by atoms with Crippen molar-refractivity contribution in [1.29, 1.82) is 0 Å². The highest BCUT2D eigenvalue weighted by atomic mass is 79.9. The van der Waals surface area contributed by atoms with Crippen molar-refractivity contribution in [3.8, 4) is 0 Å². The van der Waals surface area contributed by atoms with Crippen LogP contribution < -0.4 is 0 Å². The fourth-order valence-electron chi connectivity index (χ4n) is 0.840. The molecule has 0 unspecified atom stereocenters. The number of halogens is 1. The fraction of sp³-hybridized carbons (Fsp3) is 0.625. The van der Waals surface area contributed by atoms with Crippen molar-refractivity contribution in [2.24, 2.45) is 0 Å². The lowest BCUT2D eigenvalue weighted by Crippen LogP contribution is -2.37. The maximum atomic E-state index is 11.5. The van der Waals surface area contributed by atoms with E-state index in [9.17, 15) is 13.2 Å². The molecule has 0 rings (SSSR count). The molecular weight excluding hydrogens is 286 g/mol. The van der Waals surface area contributed by atoms with Crippen molar-refractivity contribution in [3.05, 3.63) is 12.7 Å². The summed E-state index contributed by atoms with van der Waals surface area (Å²) in [6.45, 7) is 5.13. The van der Waals surface area contributed by atoms with Gasteiger partial charge in [-0.2, -0.15) is 4.31 Å². The van der Waals surface area contributed by atoms with Gasteiger partial charge in [0.25, 0.3) is 0 Å². The molecule has 0 atom stereocenters. The van der Waals surface area contributed by atoms with E-state index in [2.05, 4.69) is 27.2 Å². The first-order valence-electron chi connectivity index (χ1n) is 4.28. The molecule has 0 heterocycles. The van der Waals surface area contributed by atoms with E-state index in [1.54, 1.807) is 6.92 Å². The van der Waals surface area contributed by atoms with Crippen LogP contribution in [-0.2, 0) is 19.6 Å². The van der Waals surface area contributed by atoms with Gasteiger partial charge >= 0.3 is 5.97 Å². The van der Waals surface area contributed by atoms with Crippen LogP contribution in [0.4, 0.5) is 0 Å². The van der Waals surface area contributed by atoms with Gasteiger partial charge in [0, 0.05) is 6.54 Å². The summed E-state index contributed by atoms with van der Waals surface area (Å²) in [7, 11) is -3.46. The maximum absolute atomic E-state index is 11.5. The second-order valence-electron chi connectivity index (χ2n) is 2.61. The number of hydrogen-bond donors (Lipinski definition) is 0. The maximum Gasteiger partial charge on any atom is 0.321 e. The number of alkyl halides is 1. The molecule has 0 aliphatic carbocycles. The summed E-state index contributed by atoms with van der Waals surface area (Å²) >= 11 is 2.85. The number of ether oxygens (including phenoxy) is 1. The van der Waals surface area contributed by atoms with E-state index in [-0.39, 0.29) is 24.4 Å². The van der Waals surface area contributed by atoms with Crippen LogP contribution >= 0.6 is 15.9 Å². The van der Waals surface area contributed by atoms with Crippen molar-refractivity contribution in [2.45, 2.75) is 6.92 Å². The number of esters is 1. The van der Waals surface area contributed by atoms with E-state index in [0.717, 1.165) is 4.31 Å². The van der Waals surface area contributed by atoms with Gasteiger partial charge in [-0.25, -0.2) is 8.42 Å². The van der Waals surface area contributed by atoms with Crippen LogP contribution in [0.15, 0.2) is 12.7 Å². The molecule has 0 saturated carbocycles. The molecule has 0 aromatic heterocycles. The Labute approximate surface area is 98.3 Å². The highest BCUT2D eigenvalue weighted by molar-refractivity contribution is 9.10. The van der Waals surface area contributed by atoms with Crippen LogP contribution in [0.25, 0.3) is 0 Å². The molecule has 0 aromatic carbocycles. The average Bonchev–Trinajstić information content (AvgIpc) is 2.17.